The van der Waals surface area contributed by atoms with Crippen LogP contribution in [0.5, 0.6) is 0 Å². The molecule has 0 heterocycles. The molecule has 0 fully saturated rings. The fourth-order valence-electron chi connectivity index (χ4n) is 8.86. The minimum Gasteiger partial charge on any atom is -0.477 e. The fourth-order valence-corrected chi connectivity index (χ4v) is 8.86. The van der Waals surface area contributed by atoms with Crippen LogP contribution in [0.4, 0.5) is 0 Å². The number of carbonyl (C=O) groups is 3. The Balaban J connectivity index is 4.13. The number of aliphatic carboxylic acids is 1. The number of hydrogen-bond donors (Lipinski definition) is 1. The molecule has 2 unspecified atom stereocenters. The Hall–Kier alpha value is -2.49. The van der Waals surface area contributed by atoms with Crippen molar-refractivity contribution in [1.82, 2.24) is 0 Å². The Labute approximate surface area is 445 Å². The summed E-state index contributed by atoms with van der Waals surface area (Å²) in [5.74, 6) is -2.00. The minimum absolute atomic E-state index is 0.182. The Kier molecular flexibility index (Phi) is 52.9. The van der Waals surface area contributed by atoms with E-state index in [1.165, 1.54) is 205 Å². The second kappa shape index (κ2) is 54.8. The van der Waals surface area contributed by atoms with Gasteiger partial charge in [-0.15, -0.1) is 0 Å². The summed E-state index contributed by atoms with van der Waals surface area (Å²) in [6.07, 6.45) is 63.8. The van der Waals surface area contributed by atoms with Crippen molar-refractivity contribution >= 4 is 17.9 Å². The number of hydrogen-bond acceptors (Lipinski definition) is 7. The van der Waals surface area contributed by atoms with Gasteiger partial charge in [0.2, 0.25) is 0 Å². The van der Waals surface area contributed by atoms with Gasteiger partial charge in [-0.2, -0.15) is 0 Å². The molecule has 0 saturated carbocycles. The summed E-state index contributed by atoms with van der Waals surface area (Å²) in [6.45, 7) is 4.89. The second-order valence-electron chi connectivity index (χ2n) is 22.0. The molecule has 0 bridgehead atoms. The molecule has 0 aromatic carbocycles. The number of ether oxygens (including phenoxy) is 4. The van der Waals surface area contributed by atoms with Gasteiger partial charge in [0.05, 0.1) is 34.4 Å². The van der Waals surface area contributed by atoms with Gasteiger partial charge >= 0.3 is 17.9 Å². The largest absolute Gasteiger partial charge is 0.477 e. The summed E-state index contributed by atoms with van der Waals surface area (Å²) in [7, 11) is 5.97. The lowest BCUT2D eigenvalue weighted by atomic mass is 10.0. The third-order valence-electron chi connectivity index (χ3n) is 13.6. The van der Waals surface area contributed by atoms with Crippen molar-refractivity contribution in [2.45, 2.75) is 302 Å². The lowest BCUT2D eigenvalue weighted by Crippen LogP contribution is -2.40. The van der Waals surface area contributed by atoms with Gasteiger partial charge in [-0.05, 0) is 70.6 Å². The van der Waals surface area contributed by atoms with Crippen LogP contribution in [0, 0.1) is 0 Å². The zero-order valence-electron chi connectivity index (χ0n) is 48.1. The maximum absolute atomic E-state index is 12.9. The molecule has 0 aliphatic rings. The molecule has 9 heteroatoms. The van der Waals surface area contributed by atoms with E-state index in [9.17, 15) is 19.5 Å². The van der Waals surface area contributed by atoms with Crippen LogP contribution >= 0.6 is 0 Å². The highest BCUT2D eigenvalue weighted by Crippen LogP contribution is 2.17. The van der Waals surface area contributed by atoms with E-state index in [4.69, 9.17) is 18.9 Å². The summed E-state index contributed by atoms with van der Waals surface area (Å²) < 4.78 is 22.9. The number of carboxylic acid groups (broad SMARTS) is 1. The lowest BCUT2D eigenvalue weighted by molar-refractivity contribution is -0.870. The molecule has 0 aliphatic heterocycles. The maximum atomic E-state index is 12.9. The molecule has 0 aromatic rings. The number of unbranched alkanes of at least 4 members (excludes halogenated alkanes) is 36. The molecule has 1 N–H and O–H groups in total. The highest BCUT2D eigenvalue weighted by Gasteiger charge is 2.25. The third kappa shape index (κ3) is 55.3. The van der Waals surface area contributed by atoms with Gasteiger partial charge in [0, 0.05) is 12.8 Å². The molecule has 72 heavy (non-hydrogen) atoms. The van der Waals surface area contributed by atoms with Gasteiger partial charge in [0.25, 0.3) is 6.29 Å². The monoisotopic (exact) mass is 1020 g/mol. The fraction of sp³-hybridized carbons (Fsp3) is 0.857. The van der Waals surface area contributed by atoms with Crippen LogP contribution in [0.25, 0.3) is 0 Å². The number of rotatable bonds is 57. The van der Waals surface area contributed by atoms with Crippen molar-refractivity contribution in [3.63, 3.8) is 0 Å². The normalized spacial score (nSPS) is 13.0. The van der Waals surface area contributed by atoms with Gasteiger partial charge in [0.15, 0.2) is 6.10 Å². The van der Waals surface area contributed by atoms with E-state index in [-0.39, 0.29) is 32.2 Å². The number of nitrogens with zero attached hydrogens (tertiary/aromatic N) is 1. The standard InChI is InChI=1S/C63H117NO8/c1-6-8-10-12-14-16-18-20-22-24-26-27-28-29-30-31-32-33-34-35-36-38-39-41-43-45-47-49-51-53-60(65)70-57-59(58-71-63(62(67)68)69-56-55-64(3,4)5)72-61(66)54-52-50-48-46-44-42-40-37-25-23-21-19-17-15-13-11-9-7-2/h17,19,23-26,59,63H,6-16,18,20-22,27-58H2,1-5H3/p+1/b19-17-,25-23-,26-24-. The predicted molar refractivity (Wildman–Crippen MR) is 304 cm³/mol. The lowest BCUT2D eigenvalue weighted by Gasteiger charge is -2.25. The van der Waals surface area contributed by atoms with Crippen LogP contribution in [0.3, 0.4) is 0 Å². The summed E-state index contributed by atoms with van der Waals surface area (Å²) in [6, 6.07) is 0. The van der Waals surface area contributed by atoms with E-state index >= 15 is 0 Å². The van der Waals surface area contributed by atoms with E-state index in [1.807, 2.05) is 21.1 Å². The van der Waals surface area contributed by atoms with Gasteiger partial charge in [-0.1, -0.05) is 243 Å². The number of allylic oxidation sites excluding steroid dienone is 6. The molecule has 0 aliphatic carbocycles. The molecule has 0 amide bonds. The summed E-state index contributed by atoms with van der Waals surface area (Å²) in [4.78, 5) is 37.4. The smallest absolute Gasteiger partial charge is 0.361 e. The molecule has 0 saturated heterocycles. The van der Waals surface area contributed by atoms with Gasteiger partial charge < -0.3 is 28.5 Å². The summed E-state index contributed by atoms with van der Waals surface area (Å²) >= 11 is 0. The first-order chi connectivity index (χ1) is 35.1. The van der Waals surface area contributed by atoms with Gasteiger partial charge in [-0.25, -0.2) is 4.79 Å². The molecule has 0 aromatic heterocycles. The topological polar surface area (TPSA) is 108 Å². The predicted octanol–water partition coefficient (Wildman–Crippen LogP) is 18.1. The van der Waals surface area contributed by atoms with Crippen LogP contribution in [0.2, 0.25) is 0 Å². The first-order valence-corrected chi connectivity index (χ1v) is 30.7. The van der Waals surface area contributed by atoms with Crippen molar-refractivity contribution in [1.29, 1.82) is 0 Å². The maximum Gasteiger partial charge on any atom is 0.361 e. The zero-order valence-corrected chi connectivity index (χ0v) is 48.1. The average molecular weight is 1020 g/mol. The molecule has 0 rings (SSSR count). The molecule has 2 atom stereocenters. The zero-order chi connectivity index (χ0) is 52.7. The van der Waals surface area contributed by atoms with E-state index in [2.05, 4.69) is 50.3 Å². The number of likely N-dealkylation sites (N-methyl/N-ethyl adjacent to an activating group) is 1. The first kappa shape index (κ1) is 69.5. The van der Waals surface area contributed by atoms with Crippen LogP contribution in [-0.2, 0) is 33.3 Å². The van der Waals surface area contributed by atoms with E-state index in [0.717, 1.165) is 51.4 Å². The van der Waals surface area contributed by atoms with Crippen molar-refractivity contribution in [3.8, 4) is 0 Å². The number of quaternary nitrogens is 1. The van der Waals surface area contributed by atoms with Crippen LogP contribution < -0.4 is 0 Å². The average Bonchev–Trinajstić information content (AvgIpc) is 3.35. The summed E-state index contributed by atoms with van der Waals surface area (Å²) in [5.41, 5.74) is 0. The Morgan fingerprint density at radius 1 is 0.417 bits per heavy atom. The Bertz CT molecular complexity index is 1270. The molecule has 422 valence electrons. The summed E-state index contributed by atoms with van der Waals surface area (Å²) in [5, 5.41) is 9.70. The van der Waals surface area contributed by atoms with E-state index < -0.39 is 24.3 Å². The molecule has 9 nitrogen and oxygen atoms in total. The number of esters is 2. The highest BCUT2D eigenvalue weighted by atomic mass is 16.7. The third-order valence-corrected chi connectivity index (χ3v) is 13.6. The second-order valence-corrected chi connectivity index (χ2v) is 22.0. The number of carboxylic acids is 1. The molecular formula is C63H118NO8+. The SMILES string of the molecule is CCCCCC/C=C\C/C=C\CCCCCCCCCC(=O)OC(COC(=O)CCCCCCCCCCCCCCCCCCC/C=C\CCCCCCCCCC)COC(OCC[N+](C)(C)C)C(=O)O. The van der Waals surface area contributed by atoms with Gasteiger partial charge in [-0.3, -0.25) is 9.59 Å². The minimum atomic E-state index is -1.51. The molecular weight excluding hydrogens is 899 g/mol. The van der Waals surface area contributed by atoms with Crippen LogP contribution in [-0.4, -0.2) is 87.4 Å². The van der Waals surface area contributed by atoms with Crippen LogP contribution in [0.1, 0.15) is 290 Å². The van der Waals surface area contributed by atoms with Crippen molar-refractivity contribution < 1.29 is 42.9 Å². The molecule has 0 radical (unpaired) electrons. The van der Waals surface area contributed by atoms with E-state index in [0.29, 0.717) is 23.9 Å². The van der Waals surface area contributed by atoms with Gasteiger partial charge in [0.1, 0.15) is 13.2 Å². The Morgan fingerprint density at radius 2 is 0.750 bits per heavy atom. The van der Waals surface area contributed by atoms with E-state index in [1.54, 1.807) is 0 Å². The van der Waals surface area contributed by atoms with Crippen LogP contribution in [0.15, 0.2) is 36.5 Å². The quantitative estimate of drug-likeness (QED) is 0.0211. The van der Waals surface area contributed by atoms with Crippen molar-refractivity contribution in [2.24, 2.45) is 0 Å². The first-order valence-electron chi connectivity index (χ1n) is 30.7. The van der Waals surface area contributed by atoms with Crippen molar-refractivity contribution in [3.05, 3.63) is 36.5 Å². The molecule has 0 spiro atoms. The number of carbonyl (C=O) groups excluding carboxylic acids is 2. The van der Waals surface area contributed by atoms with Crippen molar-refractivity contribution in [2.75, 3.05) is 47.5 Å². The Morgan fingerprint density at radius 3 is 1.12 bits per heavy atom. The highest BCUT2D eigenvalue weighted by molar-refractivity contribution is 5.71.